The van der Waals surface area contributed by atoms with Gasteiger partial charge >= 0.3 is 0 Å². The summed E-state index contributed by atoms with van der Waals surface area (Å²) in [5.41, 5.74) is 3.61. The van der Waals surface area contributed by atoms with Crippen molar-refractivity contribution < 1.29 is 9.18 Å². The molecule has 0 aliphatic heterocycles. The van der Waals surface area contributed by atoms with E-state index in [9.17, 15) is 9.18 Å². The molecule has 0 radical (unpaired) electrons. The van der Waals surface area contributed by atoms with Crippen LogP contribution in [0.5, 0.6) is 0 Å². The van der Waals surface area contributed by atoms with Crippen LogP contribution in [0.25, 0.3) is 21.5 Å². The molecule has 5 aromatic rings. The highest BCUT2D eigenvalue weighted by Crippen LogP contribution is 2.32. The molecule has 5 rings (SSSR count). The summed E-state index contributed by atoms with van der Waals surface area (Å²) >= 11 is 7.78. The molecule has 172 valence electrons. The molecule has 0 aliphatic carbocycles. The molecule has 0 unspecified atom stereocenters. The number of carbonyl (C=O) groups excluding carboxylic acids is 1. The fourth-order valence-electron chi connectivity index (χ4n) is 3.91. The van der Waals surface area contributed by atoms with Crippen molar-refractivity contribution in [1.29, 1.82) is 0 Å². The zero-order valence-corrected chi connectivity index (χ0v) is 20.0. The van der Waals surface area contributed by atoms with E-state index >= 15 is 0 Å². The number of anilines is 1. The summed E-state index contributed by atoms with van der Waals surface area (Å²) in [7, 11) is 0. The molecule has 0 spiro atoms. The van der Waals surface area contributed by atoms with Crippen molar-refractivity contribution in [3.8, 4) is 10.4 Å². The zero-order chi connectivity index (χ0) is 23.8. The Morgan fingerprint density at radius 3 is 2.76 bits per heavy atom. The lowest BCUT2D eigenvalue weighted by Crippen LogP contribution is -2.20. The number of fused-ring (bicyclic) bond motifs is 1. The summed E-state index contributed by atoms with van der Waals surface area (Å²) in [5, 5.41) is 15.0. The fraction of sp³-hybridized carbons (Fsp3) is 0.167. The molecule has 0 bridgehead atoms. The molecule has 0 saturated heterocycles. The lowest BCUT2D eigenvalue weighted by atomic mass is 10.1. The molecule has 4 heterocycles. The van der Waals surface area contributed by atoms with Gasteiger partial charge < -0.3 is 5.32 Å². The molecule has 0 fully saturated rings. The normalized spacial score (nSPS) is 11.3. The van der Waals surface area contributed by atoms with E-state index in [0.717, 1.165) is 27.2 Å². The number of nitrogens with one attached hydrogen (secondary N) is 1. The van der Waals surface area contributed by atoms with Crippen LogP contribution in [0.3, 0.4) is 0 Å². The predicted molar refractivity (Wildman–Crippen MR) is 132 cm³/mol. The van der Waals surface area contributed by atoms with Crippen molar-refractivity contribution in [2.45, 2.75) is 26.9 Å². The number of rotatable bonds is 6. The number of hydrogen-bond donors (Lipinski definition) is 1. The number of nitrogens with zero attached hydrogens (tertiary/aromatic N) is 5. The molecular weight excluding hydrogens is 475 g/mol. The lowest BCUT2D eigenvalue weighted by molar-refractivity contribution is -0.116. The first-order chi connectivity index (χ1) is 16.4. The van der Waals surface area contributed by atoms with E-state index in [1.807, 2.05) is 31.4 Å². The second-order valence-electron chi connectivity index (χ2n) is 7.85. The van der Waals surface area contributed by atoms with Gasteiger partial charge in [-0.15, -0.1) is 11.3 Å². The van der Waals surface area contributed by atoms with Gasteiger partial charge in [0.05, 0.1) is 17.6 Å². The van der Waals surface area contributed by atoms with Gasteiger partial charge in [-0.1, -0.05) is 23.7 Å². The Labute approximate surface area is 203 Å². The van der Waals surface area contributed by atoms with Crippen LogP contribution >= 0.6 is 22.9 Å². The first-order valence-corrected chi connectivity index (χ1v) is 11.8. The van der Waals surface area contributed by atoms with Crippen LogP contribution in [0.15, 0.2) is 54.0 Å². The Kier molecular flexibility index (Phi) is 5.89. The first kappa shape index (κ1) is 22.2. The third kappa shape index (κ3) is 4.20. The second-order valence-corrected chi connectivity index (χ2v) is 9.21. The molecule has 1 aromatic carbocycles. The molecule has 1 N–H and O–H groups in total. The van der Waals surface area contributed by atoms with Crippen LogP contribution < -0.4 is 5.32 Å². The lowest BCUT2D eigenvalue weighted by Gasteiger charge is -2.08. The Hall–Kier alpha value is -3.56. The molecule has 0 saturated carbocycles. The van der Waals surface area contributed by atoms with Gasteiger partial charge in [0.2, 0.25) is 5.91 Å². The van der Waals surface area contributed by atoms with Crippen LogP contribution in [0.4, 0.5) is 10.2 Å². The highest BCUT2D eigenvalue weighted by atomic mass is 35.5. The highest BCUT2D eigenvalue weighted by Gasteiger charge is 2.17. The maximum absolute atomic E-state index is 14.2. The largest absolute Gasteiger partial charge is 0.308 e. The molecule has 4 aromatic heterocycles. The number of halogens is 2. The van der Waals surface area contributed by atoms with Gasteiger partial charge in [0.25, 0.3) is 0 Å². The van der Waals surface area contributed by atoms with Gasteiger partial charge in [-0.2, -0.15) is 10.2 Å². The monoisotopic (exact) mass is 494 g/mol. The highest BCUT2D eigenvalue weighted by molar-refractivity contribution is 7.13. The van der Waals surface area contributed by atoms with Gasteiger partial charge in [0.1, 0.15) is 12.4 Å². The average molecular weight is 495 g/mol. The van der Waals surface area contributed by atoms with E-state index in [2.05, 4.69) is 26.6 Å². The summed E-state index contributed by atoms with van der Waals surface area (Å²) in [6, 6.07) is 12.3. The quantitative estimate of drug-likeness (QED) is 0.340. The van der Waals surface area contributed by atoms with E-state index in [4.69, 9.17) is 11.6 Å². The number of benzene rings is 1. The maximum atomic E-state index is 14.2. The summed E-state index contributed by atoms with van der Waals surface area (Å²) in [6.07, 6.45) is 1.73. The minimum Gasteiger partial charge on any atom is -0.308 e. The van der Waals surface area contributed by atoms with Crippen molar-refractivity contribution in [3.05, 3.63) is 81.8 Å². The van der Waals surface area contributed by atoms with Gasteiger partial charge in [-0.05, 0) is 43.5 Å². The summed E-state index contributed by atoms with van der Waals surface area (Å²) < 4.78 is 17.4. The van der Waals surface area contributed by atoms with E-state index in [1.165, 1.54) is 6.07 Å². The molecular formula is C24H20ClFN6OS. The van der Waals surface area contributed by atoms with Crippen molar-refractivity contribution in [2.75, 3.05) is 5.32 Å². The van der Waals surface area contributed by atoms with Crippen LogP contribution in [0.1, 0.15) is 17.0 Å². The average Bonchev–Trinajstić information content (AvgIpc) is 3.52. The van der Waals surface area contributed by atoms with Gasteiger partial charge in [0.15, 0.2) is 11.5 Å². The second kappa shape index (κ2) is 9.00. The summed E-state index contributed by atoms with van der Waals surface area (Å²) in [4.78, 5) is 18.4. The number of pyridine rings is 1. The number of aromatic nitrogens is 5. The first-order valence-electron chi connectivity index (χ1n) is 10.5. The third-order valence-corrected chi connectivity index (χ3v) is 6.76. The van der Waals surface area contributed by atoms with Crippen molar-refractivity contribution >= 4 is 45.7 Å². The van der Waals surface area contributed by atoms with Crippen molar-refractivity contribution in [2.24, 2.45) is 0 Å². The third-order valence-electron chi connectivity index (χ3n) is 5.51. The summed E-state index contributed by atoms with van der Waals surface area (Å²) in [6.45, 7) is 3.88. The number of aryl methyl sites for hydroxylation is 2. The smallest absolute Gasteiger partial charge is 0.247 e. The molecule has 7 nitrogen and oxygen atoms in total. The molecule has 1 amide bonds. The van der Waals surface area contributed by atoms with Gasteiger partial charge in [-0.3, -0.25) is 9.48 Å². The van der Waals surface area contributed by atoms with Crippen LogP contribution in [0, 0.1) is 19.7 Å². The molecule has 34 heavy (non-hydrogen) atoms. The number of thiophene rings is 1. The maximum Gasteiger partial charge on any atom is 0.247 e. The molecule has 10 heteroatoms. The van der Waals surface area contributed by atoms with Gasteiger partial charge in [0, 0.05) is 39.0 Å². The summed E-state index contributed by atoms with van der Waals surface area (Å²) in [5.74, 6) is -0.319. The van der Waals surface area contributed by atoms with E-state index in [1.54, 1.807) is 45.1 Å². The number of amides is 1. The van der Waals surface area contributed by atoms with Crippen LogP contribution in [-0.4, -0.2) is 30.5 Å². The Morgan fingerprint density at radius 2 is 2.00 bits per heavy atom. The Balaban J connectivity index is 1.35. The van der Waals surface area contributed by atoms with E-state index in [-0.39, 0.29) is 19.0 Å². The van der Waals surface area contributed by atoms with Crippen LogP contribution in [-0.2, 0) is 17.9 Å². The fourth-order valence-corrected chi connectivity index (χ4v) is 4.89. The van der Waals surface area contributed by atoms with Crippen molar-refractivity contribution in [3.63, 3.8) is 0 Å². The van der Waals surface area contributed by atoms with Crippen molar-refractivity contribution in [1.82, 2.24) is 24.5 Å². The Morgan fingerprint density at radius 1 is 1.15 bits per heavy atom. The topological polar surface area (TPSA) is 77.6 Å². The standard InChI is InChI=1S/C24H20ClFN6OS/c1-14-11-21(30-31(14)12-17-18(25)5-3-6-19(17)26)28-22(33)13-32-24-23(15(2)29-32)16(8-9-27-24)20-7-4-10-34-20/h3-11H,12-13H2,1-2H3,(H,28,30,33). The van der Waals surface area contributed by atoms with Gasteiger partial charge in [-0.25, -0.2) is 14.1 Å². The molecule has 0 atom stereocenters. The number of hydrogen-bond acceptors (Lipinski definition) is 5. The van der Waals surface area contributed by atoms with Crippen LogP contribution in [0.2, 0.25) is 5.02 Å². The molecule has 0 aliphatic rings. The predicted octanol–water partition coefficient (Wildman–Crippen LogP) is 5.45. The van der Waals surface area contributed by atoms with E-state index < -0.39 is 5.82 Å². The zero-order valence-electron chi connectivity index (χ0n) is 18.4. The van der Waals surface area contributed by atoms with E-state index in [0.29, 0.717) is 22.1 Å². The Bertz CT molecular complexity index is 1490. The minimum absolute atomic E-state index is 0.0176. The minimum atomic E-state index is -0.400. The number of carbonyl (C=O) groups is 1. The SMILES string of the molecule is Cc1nn(CC(=O)Nc2cc(C)n(Cc3c(F)cccc3Cl)n2)c2nccc(-c3cccs3)c12.